The van der Waals surface area contributed by atoms with Crippen molar-refractivity contribution in [3.05, 3.63) is 89.2 Å². The number of carbonyl (C=O) groups excluding carboxylic acids is 1. The molecule has 0 radical (unpaired) electrons. The topological polar surface area (TPSA) is 84.5 Å². The normalized spacial score (nSPS) is 15.1. The monoisotopic (exact) mass is 564 g/mol. The van der Waals surface area contributed by atoms with Gasteiger partial charge in [-0.2, -0.15) is 0 Å². The highest BCUT2D eigenvalue weighted by Gasteiger charge is 2.33. The predicted octanol–water partition coefficient (Wildman–Crippen LogP) is 6.45. The Balaban J connectivity index is 1.56. The number of urea groups is 1. The molecule has 1 aliphatic rings. The second kappa shape index (κ2) is 11.6. The molecule has 3 aromatic rings. The van der Waals surface area contributed by atoms with E-state index in [1.165, 1.54) is 18.2 Å². The lowest BCUT2D eigenvalue weighted by Gasteiger charge is -2.18. The van der Waals surface area contributed by atoms with Crippen LogP contribution in [0.2, 0.25) is 0 Å². The van der Waals surface area contributed by atoms with Crippen molar-refractivity contribution >= 4 is 15.9 Å². The highest BCUT2D eigenvalue weighted by molar-refractivity contribution is 7.91. The average molecular weight is 565 g/mol. The van der Waals surface area contributed by atoms with E-state index in [0.717, 1.165) is 55.5 Å². The molecule has 1 atom stereocenters. The Morgan fingerprint density at radius 3 is 2.31 bits per heavy atom. The third-order valence-corrected chi connectivity index (χ3v) is 8.47. The molecular formula is C28H28F4N2O4S. The number of sulfone groups is 1. The Morgan fingerprint density at radius 2 is 1.67 bits per heavy atom. The standard InChI is InChI=1S/C28H28F4N2O4S/c1-18(33-27(35)34-22-6-2-3-7-22)20-12-10-19(11-13-20)16-21-14-15-23(38-28(30,31)32)17-26(21)39(36,37)25-9-5-4-8-24(25)29/h4-5,8-15,17-18,22H,2-3,6-7,16H2,1H3,(H2,33,34,35). The van der Waals surface area contributed by atoms with Crippen molar-refractivity contribution < 1.29 is 35.5 Å². The number of hydrogen-bond donors (Lipinski definition) is 2. The minimum absolute atomic E-state index is 0.0412. The molecular weight excluding hydrogens is 536 g/mol. The van der Waals surface area contributed by atoms with E-state index in [4.69, 9.17) is 0 Å². The Morgan fingerprint density at radius 1 is 1.00 bits per heavy atom. The second-order valence-electron chi connectivity index (χ2n) is 9.49. The molecule has 0 saturated heterocycles. The Bertz CT molecular complexity index is 1420. The molecule has 208 valence electrons. The minimum atomic E-state index is -5.03. The highest BCUT2D eigenvalue weighted by Crippen LogP contribution is 2.33. The van der Waals surface area contributed by atoms with Gasteiger partial charge in [0.15, 0.2) is 0 Å². The van der Waals surface area contributed by atoms with E-state index < -0.39 is 37.6 Å². The summed E-state index contributed by atoms with van der Waals surface area (Å²) in [6.07, 6.45) is -0.857. The summed E-state index contributed by atoms with van der Waals surface area (Å²) in [4.78, 5) is 11.2. The van der Waals surface area contributed by atoms with E-state index in [1.54, 1.807) is 24.3 Å². The van der Waals surface area contributed by atoms with Gasteiger partial charge in [-0.15, -0.1) is 13.2 Å². The lowest BCUT2D eigenvalue weighted by atomic mass is 10.0. The van der Waals surface area contributed by atoms with E-state index in [1.807, 2.05) is 6.92 Å². The zero-order valence-electron chi connectivity index (χ0n) is 21.1. The van der Waals surface area contributed by atoms with Gasteiger partial charge in [0.1, 0.15) is 16.5 Å². The lowest BCUT2D eigenvalue weighted by molar-refractivity contribution is -0.274. The van der Waals surface area contributed by atoms with E-state index in [0.29, 0.717) is 5.56 Å². The molecule has 6 nitrogen and oxygen atoms in total. The van der Waals surface area contributed by atoms with Crippen LogP contribution in [0.15, 0.2) is 76.5 Å². The summed E-state index contributed by atoms with van der Waals surface area (Å²) < 4.78 is 83.5. The number of hydrogen-bond acceptors (Lipinski definition) is 4. The molecule has 0 aromatic heterocycles. The maximum absolute atomic E-state index is 14.4. The summed E-state index contributed by atoms with van der Waals surface area (Å²) in [5, 5.41) is 5.86. The molecule has 2 N–H and O–H groups in total. The largest absolute Gasteiger partial charge is 0.573 e. The molecule has 0 heterocycles. The summed E-state index contributed by atoms with van der Waals surface area (Å²) in [6.45, 7) is 1.84. The molecule has 39 heavy (non-hydrogen) atoms. The van der Waals surface area contributed by atoms with Gasteiger partial charge in [-0.3, -0.25) is 0 Å². The summed E-state index contributed by atoms with van der Waals surface area (Å²) >= 11 is 0. The number of halogens is 4. The first-order valence-corrected chi connectivity index (χ1v) is 13.9. The van der Waals surface area contributed by atoms with Crippen LogP contribution in [-0.4, -0.2) is 26.9 Å². The fraction of sp³-hybridized carbons (Fsp3) is 0.321. The van der Waals surface area contributed by atoms with E-state index in [-0.39, 0.29) is 30.1 Å². The fourth-order valence-corrected chi connectivity index (χ4v) is 6.21. The smallest absolute Gasteiger partial charge is 0.406 e. The molecule has 1 fully saturated rings. The van der Waals surface area contributed by atoms with Crippen molar-refractivity contribution in [2.45, 2.75) is 67.3 Å². The Labute approximate surface area is 224 Å². The van der Waals surface area contributed by atoms with Gasteiger partial charge in [0.05, 0.1) is 10.9 Å². The number of benzene rings is 3. The van der Waals surface area contributed by atoms with Crippen LogP contribution < -0.4 is 15.4 Å². The number of rotatable bonds is 8. The van der Waals surface area contributed by atoms with Crippen molar-refractivity contribution in [3.63, 3.8) is 0 Å². The molecule has 0 spiro atoms. The van der Waals surface area contributed by atoms with Gasteiger partial charge in [0.2, 0.25) is 9.84 Å². The maximum atomic E-state index is 14.4. The quantitative estimate of drug-likeness (QED) is 0.308. The van der Waals surface area contributed by atoms with Crippen LogP contribution in [0.4, 0.5) is 22.4 Å². The average Bonchev–Trinajstić information content (AvgIpc) is 3.37. The van der Waals surface area contributed by atoms with Gasteiger partial charge >= 0.3 is 12.4 Å². The van der Waals surface area contributed by atoms with Crippen LogP contribution in [0.1, 0.15) is 55.3 Å². The number of alkyl halides is 3. The number of amides is 2. The van der Waals surface area contributed by atoms with E-state index in [2.05, 4.69) is 15.4 Å². The first-order chi connectivity index (χ1) is 18.4. The summed E-state index contributed by atoms with van der Waals surface area (Å²) in [6, 6.07) is 14.3. The first-order valence-electron chi connectivity index (χ1n) is 12.5. The highest BCUT2D eigenvalue weighted by atomic mass is 32.2. The molecule has 2 amide bonds. The molecule has 1 aliphatic carbocycles. The van der Waals surface area contributed by atoms with Crippen molar-refractivity contribution in [1.29, 1.82) is 0 Å². The number of carbonyl (C=O) groups is 1. The summed E-state index contributed by atoms with van der Waals surface area (Å²) in [5.41, 5.74) is 1.65. The fourth-order valence-electron chi connectivity index (χ4n) is 4.63. The van der Waals surface area contributed by atoms with Crippen molar-refractivity contribution in [2.24, 2.45) is 0 Å². The molecule has 0 bridgehead atoms. The molecule has 4 rings (SSSR count). The van der Waals surface area contributed by atoms with Crippen LogP contribution in [0, 0.1) is 5.82 Å². The van der Waals surface area contributed by atoms with Crippen LogP contribution in [0.5, 0.6) is 5.75 Å². The van der Waals surface area contributed by atoms with Crippen molar-refractivity contribution in [1.82, 2.24) is 10.6 Å². The Hall–Kier alpha value is -3.60. The summed E-state index contributed by atoms with van der Waals surface area (Å²) in [7, 11) is -4.52. The van der Waals surface area contributed by atoms with Crippen molar-refractivity contribution in [2.75, 3.05) is 0 Å². The van der Waals surface area contributed by atoms with Gasteiger partial charge in [0, 0.05) is 6.04 Å². The zero-order valence-corrected chi connectivity index (χ0v) is 21.9. The Kier molecular flexibility index (Phi) is 8.48. The van der Waals surface area contributed by atoms with Gasteiger partial charge < -0.3 is 15.4 Å². The van der Waals surface area contributed by atoms with Crippen LogP contribution in [0.25, 0.3) is 0 Å². The predicted molar refractivity (Wildman–Crippen MR) is 137 cm³/mol. The number of nitrogens with one attached hydrogen (secondary N) is 2. The maximum Gasteiger partial charge on any atom is 0.573 e. The van der Waals surface area contributed by atoms with Crippen molar-refractivity contribution in [3.8, 4) is 5.75 Å². The SMILES string of the molecule is CC(NC(=O)NC1CCCC1)c1ccc(Cc2ccc(OC(F)(F)F)cc2S(=O)(=O)c2ccccc2F)cc1. The third-order valence-electron chi connectivity index (χ3n) is 6.60. The molecule has 1 unspecified atom stereocenters. The van der Waals surface area contributed by atoms with Gasteiger partial charge in [-0.05, 0) is 67.1 Å². The van der Waals surface area contributed by atoms with Crippen LogP contribution in [-0.2, 0) is 16.3 Å². The lowest BCUT2D eigenvalue weighted by Crippen LogP contribution is -2.41. The van der Waals surface area contributed by atoms with Gasteiger partial charge in [-0.25, -0.2) is 17.6 Å². The first kappa shape index (κ1) is 28.4. The molecule has 1 saturated carbocycles. The second-order valence-corrected chi connectivity index (χ2v) is 11.4. The molecule has 3 aromatic carbocycles. The van der Waals surface area contributed by atoms with E-state index in [9.17, 15) is 30.8 Å². The van der Waals surface area contributed by atoms with E-state index >= 15 is 0 Å². The van der Waals surface area contributed by atoms with Gasteiger partial charge in [0.25, 0.3) is 0 Å². The molecule has 0 aliphatic heterocycles. The number of ether oxygens (including phenoxy) is 1. The third kappa shape index (κ3) is 7.29. The minimum Gasteiger partial charge on any atom is -0.406 e. The summed E-state index contributed by atoms with van der Waals surface area (Å²) in [5.74, 6) is -1.75. The van der Waals surface area contributed by atoms with Crippen LogP contribution >= 0.6 is 0 Å². The molecule has 11 heteroatoms. The van der Waals surface area contributed by atoms with Crippen LogP contribution in [0.3, 0.4) is 0 Å². The van der Waals surface area contributed by atoms with Gasteiger partial charge in [-0.1, -0.05) is 55.3 Å². The zero-order chi connectivity index (χ0) is 28.2.